The third kappa shape index (κ3) is 3.47. The highest BCUT2D eigenvalue weighted by molar-refractivity contribution is 5.89. The summed E-state index contributed by atoms with van der Waals surface area (Å²) in [5, 5.41) is 28.1. The van der Waals surface area contributed by atoms with E-state index in [1.165, 1.54) is 48.5 Å². The number of halogens is 2. The fraction of sp³-hybridized carbons (Fsp3) is 0. The Kier molecular flexibility index (Phi) is 5.45. The van der Waals surface area contributed by atoms with E-state index in [9.17, 15) is 5.26 Å². The van der Waals surface area contributed by atoms with Crippen LogP contribution in [0.5, 0.6) is 0 Å². The van der Waals surface area contributed by atoms with Crippen molar-refractivity contribution >= 4 is 0 Å². The van der Waals surface area contributed by atoms with E-state index < -0.39 is 11.6 Å². The lowest BCUT2D eigenvalue weighted by Crippen LogP contribution is -2.03. The van der Waals surface area contributed by atoms with Gasteiger partial charge in [-0.05, 0) is 41.0 Å². The molecule has 0 saturated heterocycles. The molecule has 0 aliphatic carbocycles. The molecule has 0 atom stereocenters. The topological polar surface area (TPSA) is 71.4 Å². The van der Waals surface area contributed by atoms with Gasteiger partial charge < -0.3 is 0 Å². The summed E-state index contributed by atoms with van der Waals surface area (Å²) in [6.45, 7) is 0. The lowest BCUT2D eigenvalue weighted by Gasteiger charge is -2.18. The van der Waals surface area contributed by atoms with E-state index in [1.807, 2.05) is 18.2 Å². The first kappa shape index (κ1) is 20.5. The summed E-state index contributed by atoms with van der Waals surface area (Å²) in [5.74, 6) is -1.71. The first-order chi connectivity index (χ1) is 15.6. The van der Waals surface area contributed by atoms with Gasteiger partial charge in [0.05, 0.1) is 34.4 Å². The normalized spacial score (nSPS) is 10.1. The van der Waals surface area contributed by atoms with E-state index in [4.69, 9.17) is 10.5 Å². The summed E-state index contributed by atoms with van der Waals surface area (Å²) in [4.78, 5) is 0. The molecule has 0 amide bonds. The van der Waals surface area contributed by atoms with Gasteiger partial charge in [-0.1, -0.05) is 54.6 Å². The molecule has 4 rings (SSSR count). The summed E-state index contributed by atoms with van der Waals surface area (Å²) in [6, 6.07) is 26.5. The highest BCUT2D eigenvalue weighted by Gasteiger charge is 2.27. The number of nitrogens with zero attached hydrogens (tertiary/aromatic N) is 3. The molecule has 5 heteroatoms. The molecule has 0 radical (unpaired) electrons. The van der Waals surface area contributed by atoms with Gasteiger partial charge in [-0.2, -0.15) is 15.8 Å². The van der Waals surface area contributed by atoms with Gasteiger partial charge in [0.2, 0.25) is 0 Å². The summed E-state index contributed by atoms with van der Waals surface area (Å²) >= 11 is 0. The van der Waals surface area contributed by atoms with E-state index in [1.54, 1.807) is 30.3 Å². The highest BCUT2D eigenvalue weighted by Crippen LogP contribution is 2.42. The summed E-state index contributed by atoms with van der Waals surface area (Å²) in [5.41, 5.74) is 1.30. The maximum Gasteiger partial charge on any atom is 0.143 e. The molecule has 150 valence electrons. The van der Waals surface area contributed by atoms with Crippen LogP contribution in [0.4, 0.5) is 8.78 Å². The molecule has 32 heavy (non-hydrogen) atoms. The number of benzene rings is 4. The van der Waals surface area contributed by atoms with Crippen molar-refractivity contribution in [3.05, 3.63) is 107 Å². The first-order valence-corrected chi connectivity index (χ1v) is 9.60. The molecule has 0 fully saturated rings. The second-order valence-electron chi connectivity index (χ2n) is 6.98. The lowest BCUT2D eigenvalue weighted by atomic mass is 9.86. The van der Waals surface area contributed by atoms with Crippen molar-refractivity contribution in [1.82, 2.24) is 0 Å². The average molecular weight is 417 g/mol. The molecule has 0 aromatic heterocycles. The smallest absolute Gasteiger partial charge is 0.143 e. The molecule has 4 aromatic carbocycles. The zero-order valence-corrected chi connectivity index (χ0v) is 16.6. The van der Waals surface area contributed by atoms with Gasteiger partial charge in [0.15, 0.2) is 0 Å². The number of hydrogen-bond acceptors (Lipinski definition) is 3. The predicted octanol–water partition coefficient (Wildman–Crippen LogP) is 6.58. The molecular weight excluding hydrogens is 404 g/mol. The lowest BCUT2D eigenvalue weighted by molar-refractivity contribution is 0.593. The second-order valence-corrected chi connectivity index (χ2v) is 6.98. The standard InChI is InChI=1S/C27H13F2N3/c28-26-23(20-10-6-17(14-30)7-11-20)22(16-32)24(21-12-8-18(15-31)9-13-21)27(29)25(26)19-4-2-1-3-5-19/h1-13H. The summed E-state index contributed by atoms with van der Waals surface area (Å²) in [7, 11) is 0. The Balaban J connectivity index is 2.12. The van der Waals surface area contributed by atoms with Crippen LogP contribution in [0.1, 0.15) is 16.7 Å². The van der Waals surface area contributed by atoms with Crippen LogP contribution < -0.4 is 0 Å². The zero-order chi connectivity index (χ0) is 22.7. The molecule has 0 aliphatic heterocycles. The molecule has 4 aromatic rings. The minimum atomic E-state index is -0.854. The fourth-order valence-corrected chi connectivity index (χ4v) is 3.63. The van der Waals surface area contributed by atoms with Gasteiger partial charge >= 0.3 is 0 Å². The average Bonchev–Trinajstić information content (AvgIpc) is 2.84. The Morgan fingerprint density at radius 3 is 1.25 bits per heavy atom. The quantitative estimate of drug-likeness (QED) is 0.378. The third-order valence-corrected chi connectivity index (χ3v) is 5.16. The predicted molar refractivity (Wildman–Crippen MR) is 117 cm³/mol. The van der Waals surface area contributed by atoms with E-state index in [-0.39, 0.29) is 22.3 Å². The molecule has 0 bridgehead atoms. The van der Waals surface area contributed by atoms with Crippen molar-refractivity contribution in [2.75, 3.05) is 0 Å². The summed E-state index contributed by atoms with van der Waals surface area (Å²) in [6.07, 6.45) is 0. The molecule has 0 heterocycles. The van der Waals surface area contributed by atoms with Crippen LogP contribution in [0.2, 0.25) is 0 Å². The van der Waals surface area contributed by atoms with Crippen molar-refractivity contribution in [3.8, 4) is 51.6 Å². The Labute approximate surface area is 183 Å². The van der Waals surface area contributed by atoms with Crippen LogP contribution in [-0.2, 0) is 0 Å². The highest BCUT2D eigenvalue weighted by atomic mass is 19.1. The maximum atomic E-state index is 15.9. The fourth-order valence-electron chi connectivity index (χ4n) is 3.63. The van der Waals surface area contributed by atoms with Crippen molar-refractivity contribution in [1.29, 1.82) is 15.8 Å². The van der Waals surface area contributed by atoms with Gasteiger partial charge in [-0.15, -0.1) is 0 Å². The maximum absolute atomic E-state index is 15.9. The van der Waals surface area contributed by atoms with Crippen LogP contribution in [0.15, 0.2) is 78.9 Å². The third-order valence-electron chi connectivity index (χ3n) is 5.16. The van der Waals surface area contributed by atoms with Crippen LogP contribution in [-0.4, -0.2) is 0 Å². The van der Waals surface area contributed by atoms with Crippen molar-refractivity contribution in [3.63, 3.8) is 0 Å². The molecule has 0 N–H and O–H groups in total. The largest absolute Gasteiger partial charge is 0.205 e. The monoisotopic (exact) mass is 417 g/mol. The summed E-state index contributed by atoms with van der Waals surface area (Å²) < 4.78 is 31.7. The van der Waals surface area contributed by atoms with E-state index in [0.717, 1.165) is 0 Å². The Bertz CT molecular complexity index is 1350. The van der Waals surface area contributed by atoms with Crippen LogP contribution in [0, 0.1) is 45.6 Å². The number of nitriles is 3. The van der Waals surface area contributed by atoms with Crippen molar-refractivity contribution < 1.29 is 8.78 Å². The molecular formula is C27H13F2N3. The van der Waals surface area contributed by atoms with Gasteiger partial charge in [0.25, 0.3) is 0 Å². The molecule has 0 unspecified atom stereocenters. The number of rotatable bonds is 3. The van der Waals surface area contributed by atoms with Gasteiger partial charge in [-0.25, -0.2) is 8.78 Å². The second kappa shape index (κ2) is 8.52. The van der Waals surface area contributed by atoms with E-state index >= 15 is 8.78 Å². The first-order valence-electron chi connectivity index (χ1n) is 9.60. The van der Waals surface area contributed by atoms with Crippen molar-refractivity contribution in [2.24, 2.45) is 0 Å². The SMILES string of the molecule is N#Cc1ccc(-c2c(F)c(-c3ccccc3)c(F)c(-c3ccc(C#N)cc3)c2C#N)cc1. The van der Waals surface area contributed by atoms with Gasteiger partial charge in [0, 0.05) is 11.1 Å². The van der Waals surface area contributed by atoms with Crippen molar-refractivity contribution in [2.45, 2.75) is 0 Å². The Morgan fingerprint density at radius 2 is 0.875 bits per heavy atom. The molecule has 0 spiro atoms. The zero-order valence-electron chi connectivity index (χ0n) is 16.6. The van der Waals surface area contributed by atoms with E-state index in [0.29, 0.717) is 27.8 Å². The minimum Gasteiger partial charge on any atom is -0.205 e. The Morgan fingerprint density at radius 1 is 0.469 bits per heavy atom. The Hall–Kier alpha value is -4.79. The van der Waals surface area contributed by atoms with Gasteiger partial charge in [0.1, 0.15) is 17.7 Å². The minimum absolute atomic E-state index is 0.0448. The van der Waals surface area contributed by atoms with Crippen LogP contribution in [0.3, 0.4) is 0 Å². The van der Waals surface area contributed by atoms with Crippen LogP contribution >= 0.6 is 0 Å². The van der Waals surface area contributed by atoms with Crippen LogP contribution in [0.25, 0.3) is 33.4 Å². The molecule has 3 nitrogen and oxygen atoms in total. The van der Waals surface area contributed by atoms with E-state index in [2.05, 4.69) is 0 Å². The van der Waals surface area contributed by atoms with Gasteiger partial charge in [-0.3, -0.25) is 0 Å². The molecule has 0 saturated carbocycles. The number of hydrogen-bond donors (Lipinski definition) is 0. The molecule has 0 aliphatic rings.